The Hall–Kier alpha value is -3.87. The van der Waals surface area contributed by atoms with Crippen molar-refractivity contribution in [2.45, 2.75) is 38.8 Å². The van der Waals surface area contributed by atoms with E-state index >= 15 is 0 Å². The molecule has 2 aromatic carbocycles. The van der Waals surface area contributed by atoms with Crippen molar-refractivity contribution in [1.82, 2.24) is 9.88 Å². The number of carbonyl (C=O) groups excluding carboxylic acids is 3. The minimum Gasteiger partial charge on any atom is -0.322 e. The first kappa shape index (κ1) is 22.3. The largest absolute Gasteiger partial charge is 0.322 e. The highest BCUT2D eigenvalue weighted by Gasteiger charge is 2.44. The molecule has 0 spiro atoms. The molecule has 1 atom stereocenters. The Morgan fingerprint density at radius 3 is 2.39 bits per heavy atom. The fourth-order valence-electron chi connectivity index (χ4n) is 3.91. The summed E-state index contributed by atoms with van der Waals surface area (Å²) in [6.45, 7) is 4.22. The first-order valence-electron chi connectivity index (χ1n) is 10.8. The second kappa shape index (κ2) is 9.32. The van der Waals surface area contributed by atoms with Crippen LogP contribution in [0, 0.1) is 5.82 Å². The second-order valence-electron chi connectivity index (χ2n) is 8.33. The number of halogens is 1. The molecule has 1 aliphatic heterocycles. The first-order chi connectivity index (χ1) is 15.8. The number of nitrogens with zero attached hydrogens (tertiary/aromatic N) is 3. The predicted octanol–water partition coefficient (Wildman–Crippen LogP) is 4.32. The van der Waals surface area contributed by atoms with Crippen molar-refractivity contribution in [2.75, 3.05) is 4.90 Å². The van der Waals surface area contributed by atoms with Gasteiger partial charge in [0.1, 0.15) is 11.9 Å². The zero-order valence-corrected chi connectivity index (χ0v) is 18.4. The Balaban J connectivity index is 1.66. The lowest BCUT2D eigenvalue weighted by Crippen LogP contribution is -2.45. The average molecular weight is 445 g/mol. The molecule has 1 unspecified atom stereocenters. The molecule has 3 aromatic rings. The summed E-state index contributed by atoms with van der Waals surface area (Å²) in [4.78, 5) is 46.2. The molecule has 0 N–H and O–H groups in total. The summed E-state index contributed by atoms with van der Waals surface area (Å²) in [5.41, 5.74) is 2.53. The number of pyridine rings is 1. The van der Waals surface area contributed by atoms with E-state index < -0.39 is 23.7 Å². The van der Waals surface area contributed by atoms with Gasteiger partial charge in [0.25, 0.3) is 11.8 Å². The molecule has 0 aliphatic carbocycles. The number of carbonyl (C=O) groups is 3. The zero-order valence-electron chi connectivity index (χ0n) is 18.4. The molecule has 3 amide bonds. The van der Waals surface area contributed by atoms with Crippen LogP contribution in [0.5, 0.6) is 0 Å². The van der Waals surface area contributed by atoms with Crippen LogP contribution in [0.4, 0.5) is 10.1 Å². The van der Waals surface area contributed by atoms with Gasteiger partial charge in [0.15, 0.2) is 0 Å². The SMILES string of the molecule is CC(C)c1ccc(N2C(=O)CC(N(Cc3cccnc3)C(=O)c3ccc(F)cc3)C2=O)cc1. The molecular formula is C26H24FN3O3. The second-order valence-corrected chi connectivity index (χ2v) is 8.33. The Labute approximate surface area is 191 Å². The number of imide groups is 1. The third-order valence-electron chi connectivity index (χ3n) is 5.74. The maximum atomic E-state index is 13.4. The van der Waals surface area contributed by atoms with E-state index in [9.17, 15) is 18.8 Å². The molecular weight excluding hydrogens is 421 g/mol. The minimum absolute atomic E-state index is 0.0911. The van der Waals surface area contributed by atoms with Crippen molar-refractivity contribution in [2.24, 2.45) is 0 Å². The van der Waals surface area contributed by atoms with Crippen molar-refractivity contribution < 1.29 is 18.8 Å². The molecule has 0 bridgehead atoms. The van der Waals surface area contributed by atoms with Crippen molar-refractivity contribution in [3.05, 3.63) is 95.6 Å². The lowest BCUT2D eigenvalue weighted by atomic mass is 10.0. The maximum Gasteiger partial charge on any atom is 0.257 e. The number of rotatable bonds is 6. The monoisotopic (exact) mass is 445 g/mol. The van der Waals surface area contributed by atoms with Crippen LogP contribution in [0.1, 0.15) is 47.7 Å². The highest BCUT2D eigenvalue weighted by Crippen LogP contribution is 2.29. The zero-order chi connectivity index (χ0) is 23.5. The third-order valence-corrected chi connectivity index (χ3v) is 5.74. The molecule has 1 aromatic heterocycles. The molecule has 168 valence electrons. The number of hydrogen-bond donors (Lipinski definition) is 0. The van der Waals surface area contributed by atoms with E-state index in [1.165, 1.54) is 29.2 Å². The standard InChI is InChI=1S/C26H24FN3O3/c1-17(2)19-7-11-22(12-8-19)30-24(31)14-23(26(30)33)29(16-18-4-3-13-28-15-18)25(32)20-5-9-21(27)10-6-20/h3-13,15,17,23H,14,16H2,1-2H3. The van der Waals surface area contributed by atoms with E-state index in [2.05, 4.69) is 18.8 Å². The van der Waals surface area contributed by atoms with Gasteiger partial charge in [-0.05, 0) is 59.5 Å². The molecule has 33 heavy (non-hydrogen) atoms. The third kappa shape index (κ3) is 4.67. The lowest BCUT2D eigenvalue weighted by molar-refractivity contribution is -0.122. The number of aromatic nitrogens is 1. The van der Waals surface area contributed by atoms with Gasteiger partial charge in [-0.3, -0.25) is 19.4 Å². The molecule has 6 nitrogen and oxygen atoms in total. The smallest absolute Gasteiger partial charge is 0.257 e. The molecule has 0 radical (unpaired) electrons. The average Bonchev–Trinajstić information content (AvgIpc) is 3.11. The summed E-state index contributed by atoms with van der Waals surface area (Å²) < 4.78 is 13.4. The fraction of sp³-hybridized carbons (Fsp3) is 0.231. The highest BCUT2D eigenvalue weighted by atomic mass is 19.1. The molecule has 1 saturated heterocycles. The highest BCUT2D eigenvalue weighted by molar-refractivity contribution is 6.23. The predicted molar refractivity (Wildman–Crippen MR) is 122 cm³/mol. The van der Waals surface area contributed by atoms with Gasteiger partial charge in [-0.2, -0.15) is 0 Å². The van der Waals surface area contributed by atoms with Crippen LogP contribution in [-0.4, -0.2) is 33.6 Å². The summed E-state index contributed by atoms with van der Waals surface area (Å²) in [6.07, 6.45) is 3.09. The lowest BCUT2D eigenvalue weighted by Gasteiger charge is -2.28. The van der Waals surface area contributed by atoms with Gasteiger partial charge < -0.3 is 4.90 Å². The van der Waals surface area contributed by atoms with Crippen LogP contribution in [-0.2, 0) is 16.1 Å². The summed E-state index contributed by atoms with van der Waals surface area (Å²) in [7, 11) is 0. The Morgan fingerprint density at radius 2 is 1.79 bits per heavy atom. The molecule has 2 heterocycles. The maximum absolute atomic E-state index is 13.4. The van der Waals surface area contributed by atoms with Crippen LogP contribution in [0.15, 0.2) is 73.1 Å². The van der Waals surface area contributed by atoms with Gasteiger partial charge in [0.2, 0.25) is 5.91 Å². The van der Waals surface area contributed by atoms with Gasteiger partial charge in [-0.25, -0.2) is 9.29 Å². The van der Waals surface area contributed by atoms with Crippen molar-refractivity contribution in [3.8, 4) is 0 Å². The van der Waals surface area contributed by atoms with E-state index in [0.29, 0.717) is 17.2 Å². The van der Waals surface area contributed by atoms with E-state index in [0.717, 1.165) is 10.5 Å². The van der Waals surface area contributed by atoms with E-state index in [4.69, 9.17) is 0 Å². The van der Waals surface area contributed by atoms with Crippen molar-refractivity contribution >= 4 is 23.4 Å². The normalized spacial score (nSPS) is 15.9. The molecule has 4 rings (SSSR count). The summed E-state index contributed by atoms with van der Waals surface area (Å²) in [5, 5.41) is 0. The molecule has 1 aliphatic rings. The Bertz CT molecular complexity index is 1160. The molecule has 0 saturated carbocycles. The van der Waals surface area contributed by atoms with E-state index in [1.807, 2.05) is 12.1 Å². The van der Waals surface area contributed by atoms with Gasteiger partial charge in [0, 0.05) is 24.5 Å². The van der Waals surface area contributed by atoms with Crippen LogP contribution in [0.3, 0.4) is 0 Å². The van der Waals surface area contributed by atoms with E-state index in [1.54, 1.807) is 36.7 Å². The summed E-state index contributed by atoms with van der Waals surface area (Å²) in [6, 6.07) is 15.0. The van der Waals surface area contributed by atoms with Crippen LogP contribution in [0.2, 0.25) is 0 Å². The fourth-order valence-corrected chi connectivity index (χ4v) is 3.91. The number of hydrogen-bond acceptors (Lipinski definition) is 4. The number of anilines is 1. The summed E-state index contributed by atoms with van der Waals surface area (Å²) >= 11 is 0. The minimum atomic E-state index is -0.972. The van der Waals surface area contributed by atoms with Crippen LogP contribution >= 0.6 is 0 Å². The van der Waals surface area contributed by atoms with Gasteiger partial charge in [-0.1, -0.05) is 32.0 Å². The van der Waals surface area contributed by atoms with Crippen LogP contribution in [0.25, 0.3) is 0 Å². The Morgan fingerprint density at radius 1 is 1.09 bits per heavy atom. The molecule has 7 heteroatoms. The summed E-state index contributed by atoms with van der Waals surface area (Å²) in [5.74, 6) is -1.43. The topological polar surface area (TPSA) is 70.6 Å². The Kier molecular flexibility index (Phi) is 6.31. The van der Waals surface area contributed by atoms with Gasteiger partial charge in [-0.15, -0.1) is 0 Å². The first-order valence-corrected chi connectivity index (χ1v) is 10.8. The van der Waals surface area contributed by atoms with Crippen LogP contribution < -0.4 is 4.90 Å². The van der Waals surface area contributed by atoms with E-state index in [-0.39, 0.29) is 24.4 Å². The van der Waals surface area contributed by atoms with Gasteiger partial charge >= 0.3 is 0 Å². The van der Waals surface area contributed by atoms with Crippen molar-refractivity contribution in [3.63, 3.8) is 0 Å². The number of benzene rings is 2. The quantitative estimate of drug-likeness (QED) is 0.530. The van der Waals surface area contributed by atoms with Gasteiger partial charge in [0.05, 0.1) is 12.1 Å². The van der Waals surface area contributed by atoms with Crippen molar-refractivity contribution in [1.29, 1.82) is 0 Å². The molecule has 1 fully saturated rings. The number of amides is 3.